The maximum Gasteiger partial charge on any atom is 0.338 e. The van der Waals surface area contributed by atoms with E-state index in [4.69, 9.17) is 58.0 Å². The predicted molar refractivity (Wildman–Crippen MR) is 143 cm³/mol. The van der Waals surface area contributed by atoms with E-state index in [-0.39, 0.29) is 21.0 Å². The molecule has 3 aromatic rings. The van der Waals surface area contributed by atoms with E-state index in [1.807, 2.05) is 0 Å². The monoisotopic (exact) mass is 590 g/mol. The molecular weight excluding hydrogens is 578 g/mol. The van der Waals surface area contributed by atoms with Crippen molar-refractivity contribution >= 4 is 98.9 Å². The SMILES string of the molecule is CC(Sc1ccc(NC(=O)c2c(Cl)c(Cl)c(Cl)c(Cl)c2C(=O)O)cc1)C(=O)Nc1ccc(Cl)cc1. The molecule has 35 heavy (non-hydrogen) atoms. The van der Waals surface area contributed by atoms with E-state index in [2.05, 4.69) is 10.6 Å². The van der Waals surface area contributed by atoms with Crippen LogP contribution in [0, 0.1) is 0 Å². The van der Waals surface area contributed by atoms with Crippen molar-refractivity contribution < 1.29 is 19.5 Å². The molecule has 0 radical (unpaired) electrons. The first-order valence-corrected chi connectivity index (χ1v) is 12.5. The highest BCUT2D eigenvalue weighted by molar-refractivity contribution is 8.00. The molecule has 0 fully saturated rings. The number of hydrogen-bond donors (Lipinski definition) is 3. The first-order valence-electron chi connectivity index (χ1n) is 9.73. The fraction of sp³-hybridized carbons (Fsp3) is 0.0870. The number of carboxylic acids is 1. The minimum atomic E-state index is -1.49. The number of amides is 2. The van der Waals surface area contributed by atoms with Crippen LogP contribution in [0.2, 0.25) is 25.1 Å². The van der Waals surface area contributed by atoms with Gasteiger partial charge < -0.3 is 15.7 Å². The molecule has 0 aliphatic carbocycles. The summed E-state index contributed by atoms with van der Waals surface area (Å²) in [5.41, 5.74) is 0.0136. The third kappa shape index (κ3) is 6.55. The molecule has 3 rings (SSSR count). The molecule has 0 aliphatic heterocycles. The lowest BCUT2D eigenvalue weighted by Gasteiger charge is -2.15. The summed E-state index contributed by atoms with van der Waals surface area (Å²) in [5.74, 6) is -2.51. The molecule has 0 spiro atoms. The van der Waals surface area contributed by atoms with Crippen LogP contribution in [0.1, 0.15) is 27.6 Å². The van der Waals surface area contributed by atoms with E-state index in [0.717, 1.165) is 4.90 Å². The third-order valence-corrected chi connectivity index (χ3v) is 7.78. The number of rotatable bonds is 7. The van der Waals surface area contributed by atoms with Gasteiger partial charge in [-0.25, -0.2) is 4.79 Å². The van der Waals surface area contributed by atoms with E-state index in [9.17, 15) is 19.5 Å². The zero-order chi connectivity index (χ0) is 25.9. The molecule has 2 amide bonds. The number of aromatic carboxylic acids is 1. The molecule has 0 aliphatic rings. The maximum absolute atomic E-state index is 12.8. The van der Waals surface area contributed by atoms with Crippen molar-refractivity contribution in [3.63, 3.8) is 0 Å². The Morgan fingerprint density at radius 1 is 0.743 bits per heavy atom. The lowest BCUT2D eigenvalue weighted by molar-refractivity contribution is -0.115. The molecule has 0 heterocycles. The van der Waals surface area contributed by atoms with Crippen LogP contribution < -0.4 is 10.6 Å². The van der Waals surface area contributed by atoms with Crippen molar-refractivity contribution in [2.24, 2.45) is 0 Å². The van der Waals surface area contributed by atoms with E-state index in [1.165, 1.54) is 11.8 Å². The smallest absolute Gasteiger partial charge is 0.338 e. The average molecular weight is 593 g/mol. The van der Waals surface area contributed by atoms with Crippen LogP contribution in [0.15, 0.2) is 53.4 Å². The fourth-order valence-electron chi connectivity index (χ4n) is 2.89. The topological polar surface area (TPSA) is 95.5 Å². The highest BCUT2D eigenvalue weighted by Gasteiger charge is 2.29. The number of hydrogen-bond acceptors (Lipinski definition) is 4. The molecule has 6 nitrogen and oxygen atoms in total. The zero-order valence-electron chi connectivity index (χ0n) is 17.7. The Morgan fingerprint density at radius 2 is 1.23 bits per heavy atom. The first-order chi connectivity index (χ1) is 16.5. The minimum absolute atomic E-state index is 0.193. The van der Waals surface area contributed by atoms with Gasteiger partial charge in [-0.2, -0.15) is 0 Å². The van der Waals surface area contributed by atoms with Gasteiger partial charge in [-0.3, -0.25) is 9.59 Å². The summed E-state index contributed by atoms with van der Waals surface area (Å²) < 4.78 is 0. The number of halogens is 5. The summed E-state index contributed by atoms with van der Waals surface area (Å²) in [6.45, 7) is 1.76. The fourth-order valence-corrected chi connectivity index (χ4v) is 4.90. The number of nitrogens with one attached hydrogen (secondary N) is 2. The molecule has 12 heteroatoms. The van der Waals surface area contributed by atoms with Gasteiger partial charge in [-0.15, -0.1) is 11.8 Å². The van der Waals surface area contributed by atoms with Crippen LogP contribution in [0.3, 0.4) is 0 Å². The Morgan fingerprint density at radius 3 is 1.77 bits per heavy atom. The minimum Gasteiger partial charge on any atom is -0.478 e. The summed E-state index contributed by atoms with van der Waals surface area (Å²) in [7, 11) is 0. The molecule has 182 valence electrons. The predicted octanol–water partition coefficient (Wildman–Crippen LogP) is 8.02. The summed E-state index contributed by atoms with van der Waals surface area (Å²) in [4.78, 5) is 37.7. The molecule has 1 unspecified atom stereocenters. The first kappa shape index (κ1) is 27.5. The quantitative estimate of drug-likeness (QED) is 0.147. The Hall–Kier alpha value is -2.13. The van der Waals surface area contributed by atoms with Crippen molar-refractivity contribution in [2.45, 2.75) is 17.1 Å². The van der Waals surface area contributed by atoms with Crippen LogP contribution in [0.5, 0.6) is 0 Å². The summed E-state index contributed by atoms with van der Waals surface area (Å²) in [5, 5.41) is 13.8. The molecule has 0 bridgehead atoms. The highest BCUT2D eigenvalue weighted by atomic mass is 35.5. The lowest BCUT2D eigenvalue weighted by atomic mass is 10.1. The molecule has 1 atom stereocenters. The number of carbonyl (C=O) groups excluding carboxylic acids is 2. The van der Waals surface area contributed by atoms with Crippen LogP contribution in [-0.2, 0) is 4.79 Å². The molecular formula is C23H15Cl5N2O4S. The van der Waals surface area contributed by atoms with Crippen LogP contribution in [-0.4, -0.2) is 28.1 Å². The molecule has 0 aromatic heterocycles. The van der Waals surface area contributed by atoms with E-state index in [0.29, 0.717) is 16.4 Å². The summed E-state index contributed by atoms with van der Waals surface area (Å²) in [6.07, 6.45) is 0. The van der Waals surface area contributed by atoms with Gasteiger partial charge in [0.15, 0.2) is 0 Å². The van der Waals surface area contributed by atoms with Crippen molar-refractivity contribution in [1.29, 1.82) is 0 Å². The van der Waals surface area contributed by atoms with Crippen LogP contribution >= 0.6 is 69.8 Å². The Bertz CT molecular complexity index is 1300. The second-order valence-corrected chi connectivity index (χ2v) is 10.4. The van der Waals surface area contributed by atoms with Gasteiger partial charge in [0, 0.05) is 21.3 Å². The van der Waals surface area contributed by atoms with Gasteiger partial charge in [0.05, 0.1) is 36.5 Å². The average Bonchev–Trinajstić information content (AvgIpc) is 2.82. The maximum atomic E-state index is 12.8. The van der Waals surface area contributed by atoms with Crippen molar-refractivity contribution in [3.8, 4) is 0 Å². The van der Waals surface area contributed by atoms with E-state index in [1.54, 1.807) is 55.5 Å². The van der Waals surface area contributed by atoms with Gasteiger partial charge >= 0.3 is 5.97 Å². The van der Waals surface area contributed by atoms with E-state index >= 15 is 0 Å². The lowest BCUT2D eigenvalue weighted by Crippen LogP contribution is -2.22. The van der Waals surface area contributed by atoms with E-state index < -0.39 is 33.3 Å². The molecule has 0 saturated heterocycles. The zero-order valence-corrected chi connectivity index (χ0v) is 22.3. The summed E-state index contributed by atoms with van der Waals surface area (Å²) in [6, 6.07) is 13.4. The Kier molecular flexibility index (Phi) is 9.21. The molecule has 3 aromatic carbocycles. The van der Waals surface area contributed by atoms with Crippen molar-refractivity contribution in [3.05, 3.63) is 84.8 Å². The standard InChI is InChI=1S/C23H15Cl5N2O4S/c1-10(21(31)29-12-4-2-11(24)3-5-12)35-14-8-6-13(7-9-14)30-22(32)15-16(23(33)34)18(26)20(28)19(27)17(15)25/h2-10H,1H3,(H,29,31)(H,30,32)(H,33,34). The Labute approximate surface area is 229 Å². The van der Waals surface area contributed by atoms with Crippen molar-refractivity contribution in [1.82, 2.24) is 0 Å². The molecule has 3 N–H and O–H groups in total. The Balaban J connectivity index is 1.71. The van der Waals surface area contributed by atoms with Gasteiger partial charge in [0.25, 0.3) is 5.91 Å². The van der Waals surface area contributed by atoms with Gasteiger partial charge in [0.1, 0.15) is 0 Å². The second kappa shape index (κ2) is 11.7. The number of anilines is 2. The largest absolute Gasteiger partial charge is 0.478 e. The second-order valence-electron chi connectivity index (χ2n) is 7.05. The normalized spacial score (nSPS) is 11.6. The van der Waals surface area contributed by atoms with Gasteiger partial charge in [-0.05, 0) is 55.5 Å². The van der Waals surface area contributed by atoms with Crippen LogP contribution in [0.25, 0.3) is 0 Å². The van der Waals surface area contributed by atoms with Crippen LogP contribution in [0.4, 0.5) is 11.4 Å². The van der Waals surface area contributed by atoms with Gasteiger partial charge in [-0.1, -0.05) is 58.0 Å². The number of carbonyl (C=O) groups is 3. The number of carboxylic acid groups (broad SMARTS) is 1. The number of thioether (sulfide) groups is 1. The highest BCUT2D eigenvalue weighted by Crippen LogP contribution is 2.42. The third-order valence-electron chi connectivity index (χ3n) is 4.61. The number of benzene rings is 3. The summed E-state index contributed by atoms with van der Waals surface area (Å²) >= 11 is 31.2. The molecule has 0 saturated carbocycles. The van der Waals surface area contributed by atoms with Gasteiger partial charge in [0.2, 0.25) is 5.91 Å². The van der Waals surface area contributed by atoms with Crippen molar-refractivity contribution in [2.75, 3.05) is 10.6 Å².